The molecule has 0 saturated heterocycles. The summed E-state index contributed by atoms with van der Waals surface area (Å²) >= 11 is 5.95. The smallest absolute Gasteiger partial charge is 0.267 e. The Morgan fingerprint density at radius 1 is 1.45 bits per heavy atom. The van der Waals surface area contributed by atoms with Crippen LogP contribution in [-0.4, -0.2) is 28.7 Å². The van der Waals surface area contributed by atoms with Crippen molar-refractivity contribution in [2.24, 2.45) is 5.41 Å². The zero-order valence-corrected chi connectivity index (χ0v) is 12.7. The van der Waals surface area contributed by atoms with Gasteiger partial charge in [-0.15, -0.1) is 0 Å². The monoisotopic (exact) mass is 298 g/mol. The number of rotatable bonds is 5. The van der Waals surface area contributed by atoms with Crippen LogP contribution in [0.15, 0.2) is 12.3 Å². The van der Waals surface area contributed by atoms with Crippen LogP contribution in [0.2, 0.25) is 5.02 Å². The quantitative estimate of drug-likeness (QED) is 0.878. The first kappa shape index (κ1) is 15.4. The number of nitrogens with one attached hydrogen (secondary N) is 1. The van der Waals surface area contributed by atoms with Crippen LogP contribution in [0.4, 0.5) is 0 Å². The van der Waals surface area contributed by atoms with E-state index in [4.69, 9.17) is 11.6 Å². The van der Waals surface area contributed by atoms with Gasteiger partial charge in [-0.25, -0.2) is 0 Å². The van der Waals surface area contributed by atoms with Crippen LogP contribution in [0.1, 0.15) is 49.5 Å². The molecule has 1 aliphatic rings. The molecule has 0 spiro atoms. The zero-order valence-electron chi connectivity index (χ0n) is 12.0. The summed E-state index contributed by atoms with van der Waals surface area (Å²) in [6.45, 7) is 3.36. The second-order valence-corrected chi connectivity index (χ2v) is 6.17. The summed E-state index contributed by atoms with van der Waals surface area (Å²) in [6, 6.07) is 1.69. The summed E-state index contributed by atoms with van der Waals surface area (Å²) in [6.07, 6.45) is 7.22. The molecule has 0 unspecified atom stereocenters. The van der Waals surface area contributed by atoms with Gasteiger partial charge in [0.2, 0.25) is 0 Å². The van der Waals surface area contributed by atoms with E-state index in [2.05, 4.69) is 5.32 Å². The van der Waals surface area contributed by atoms with Crippen molar-refractivity contribution in [3.63, 3.8) is 0 Å². The minimum absolute atomic E-state index is 0.114. The highest BCUT2D eigenvalue weighted by Gasteiger charge is 2.32. The predicted molar refractivity (Wildman–Crippen MR) is 80.1 cm³/mol. The van der Waals surface area contributed by atoms with Crippen LogP contribution in [0.25, 0.3) is 0 Å². The minimum Gasteiger partial charge on any atom is -0.396 e. The molecule has 1 aromatic rings. The summed E-state index contributed by atoms with van der Waals surface area (Å²) < 4.78 is 1.84. The van der Waals surface area contributed by atoms with Gasteiger partial charge >= 0.3 is 0 Å². The van der Waals surface area contributed by atoms with Gasteiger partial charge in [0.25, 0.3) is 5.91 Å². The third-order valence-electron chi connectivity index (χ3n) is 4.31. The SMILES string of the molecule is CCn1cc(Cl)cc1C(=O)NCC1(CO)CCCCC1. The predicted octanol–water partition coefficient (Wildman–Crippen LogP) is 2.83. The molecule has 5 heteroatoms. The normalized spacial score (nSPS) is 17.9. The lowest BCUT2D eigenvalue weighted by atomic mass is 9.74. The van der Waals surface area contributed by atoms with E-state index < -0.39 is 0 Å². The largest absolute Gasteiger partial charge is 0.396 e. The first-order chi connectivity index (χ1) is 9.60. The van der Waals surface area contributed by atoms with Gasteiger partial charge in [0.15, 0.2) is 0 Å². The summed E-state index contributed by atoms with van der Waals surface area (Å²) in [5.74, 6) is -0.114. The lowest BCUT2D eigenvalue weighted by molar-refractivity contribution is 0.0713. The Morgan fingerprint density at radius 3 is 2.75 bits per heavy atom. The molecule has 1 aromatic heterocycles. The number of hydrogen-bond acceptors (Lipinski definition) is 2. The number of aromatic nitrogens is 1. The highest BCUT2D eigenvalue weighted by molar-refractivity contribution is 6.31. The number of aliphatic hydroxyl groups excluding tert-OH is 1. The molecule has 112 valence electrons. The molecule has 1 saturated carbocycles. The van der Waals surface area contributed by atoms with E-state index in [0.717, 1.165) is 25.7 Å². The molecule has 0 bridgehead atoms. The summed E-state index contributed by atoms with van der Waals surface area (Å²) in [5, 5.41) is 13.2. The molecular weight excluding hydrogens is 276 g/mol. The molecular formula is C15H23ClN2O2. The van der Waals surface area contributed by atoms with Crippen LogP contribution in [0, 0.1) is 5.41 Å². The van der Waals surface area contributed by atoms with Gasteiger partial charge in [-0.1, -0.05) is 30.9 Å². The Morgan fingerprint density at radius 2 is 2.15 bits per heavy atom. The van der Waals surface area contributed by atoms with Gasteiger partial charge in [-0.2, -0.15) is 0 Å². The van der Waals surface area contributed by atoms with Crippen LogP contribution in [0.5, 0.6) is 0 Å². The van der Waals surface area contributed by atoms with E-state index in [-0.39, 0.29) is 17.9 Å². The molecule has 1 fully saturated rings. The third kappa shape index (κ3) is 3.36. The second-order valence-electron chi connectivity index (χ2n) is 5.73. The maximum atomic E-state index is 12.3. The van der Waals surface area contributed by atoms with Gasteiger partial charge in [0.05, 0.1) is 11.6 Å². The van der Waals surface area contributed by atoms with Crippen molar-refractivity contribution < 1.29 is 9.90 Å². The third-order valence-corrected chi connectivity index (χ3v) is 4.52. The van der Waals surface area contributed by atoms with Crippen LogP contribution in [-0.2, 0) is 6.54 Å². The molecule has 2 N–H and O–H groups in total. The van der Waals surface area contributed by atoms with Crippen molar-refractivity contribution in [1.82, 2.24) is 9.88 Å². The lowest BCUT2D eigenvalue weighted by Gasteiger charge is -2.35. The number of hydrogen-bond donors (Lipinski definition) is 2. The molecule has 1 heterocycles. The van der Waals surface area contributed by atoms with Crippen molar-refractivity contribution in [2.45, 2.75) is 45.6 Å². The molecule has 0 atom stereocenters. The molecule has 0 aromatic carbocycles. The van der Waals surface area contributed by atoms with Crippen molar-refractivity contribution in [1.29, 1.82) is 0 Å². The first-order valence-electron chi connectivity index (χ1n) is 7.35. The van der Waals surface area contributed by atoms with Crippen LogP contribution in [0.3, 0.4) is 0 Å². The van der Waals surface area contributed by atoms with Crippen molar-refractivity contribution in [3.8, 4) is 0 Å². The highest BCUT2D eigenvalue weighted by atomic mass is 35.5. The van der Waals surface area contributed by atoms with E-state index >= 15 is 0 Å². The van der Waals surface area contributed by atoms with E-state index in [1.54, 1.807) is 12.3 Å². The Hall–Kier alpha value is -1.00. The van der Waals surface area contributed by atoms with E-state index in [0.29, 0.717) is 23.8 Å². The summed E-state index contributed by atoms with van der Waals surface area (Å²) in [7, 11) is 0. The number of nitrogens with zero attached hydrogens (tertiary/aromatic N) is 1. The maximum absolute atomic E-state index is 12.3. The Balaban J connectivity index is 2.00. The van der Waals surface area contributed by atoms with E-state index in [9.17, 15) is 9.90 Å². The molecule has 0 aliphatic heterocycles. The molecule has 20 heavy (non-hydrogen) atoms. The number of aryl methyl sites for hydroxylation is 1. The van der Waals surface area contributed by atoms with E-state index in [1.165, 1.54) is 6.42 Å². The molecule has 0 radical (unpaired) electrons. The van der Waals surface area contributed by atoms with Crippen molar-refractivity contribution >= 4 is 17.5 Å². The molecule has 2 rings (SSSR count). The van der Waals surface area contributed by atoms with Gasteiger partial charge in [0.1, 0.15) is 5.69 Å². The van der Waals surface area contributed by atoms with Gasteiger partial charge in [0, 0.05) is 24.7 Å². The summed E-state index contributed by atoms with van der Waals surface area (Å²) in [5.41, 5.74) is 0.447. The number of carbonyl (C=O) groups excluding carboxylic acids is 1. The summed E-state index contributed by atoms with van der Waals surface area (Å²) in [4.78, 5) is 12.3. The van der Waals surface area contributed by atoms with Crippen LogP contribution < -0.4 is 5.32 Å². The molecule has 1 aliphatic carbocycles. The lowest BCUT2D eigenvalue weighted by Crippen LogP contribution is -2.41. The number of aliphatic hydroxyl groups is 1. The van der Waals surface area contributed by atoms with Gasteiger partial charge < -0.3 is 15.0 Å². The Bertz CT molecular complexity index is 464. The molecule has 4 nitrogen and oxygen atoms in total. The average Bonchev–Trinajstić information content (AvgIpc) is 2.87. The first-order valence-corrected chi connectivity index (χ1v) is 7.73. The fourth-order valence-electron chi connectivity index (χ4n) is 2.98. The van der Waals surface area contributed by atoms with Crippen molar-refractivity contribution in [2.75, 3.05) is 13.2 Å². The highest BCUT2D eigenvalue weighted by Crippen LogP contribution is 2.35. The molecule has 1 amide bonds. The minimum atomic E-state index is -0.138. The Kier molecular flexibility index (Phi) is 5.11. The topological polar surface area (TPSA) is 54.3 Å². The standard InChI is InChI=1S/C15H23ClN2O2/c1-2-18-9-12(16)8-13(18)14(20)17-10-15(11-19)6-4-3-5-7-15/h8-9,19H,2-7,10-11H2,1H3,(H,17,20). The van der Waals surface area contributed by atoms with Gasteiger partial charge in [-0.3, -0.25) is 4.79 Å². The number of amides is 1. The van der Waals surface area contributed by atoms with E-state index in [1.807, 2.05) is 11.5 Å². The average molecular weight is 299 g/mol. The maximum Gasteiger partial charge on any atom is 0.267 e. The Labute approximate surface area is 125 Å². The van der Waals surface area contributed by atoms with Gasteiger partial charge in [-0.05, 0) is 25.8 Å². The number of halogens is 1. The zero-order chi connectivity index (χ0) is 14.6. The number of carbonyl (C=O) groups is 1. The second kappa shape index (κ2) is 6.64. The van der Waals surface area contributed by atoms with Crippen molar-refractivity contribution in [3.05, 3.63) is 23.0 Å². The van der Waals surface area contributed by atoms with Crippen LogP contribution >= 0.6 is 11.6 Å². The fraction of sp³-hybridized carbons (Fsp3) is 0.667. The fourth-order valence-corrected chi connectivity index (χ4v) is 3.20.